The van der Waals surface area contributed by atoms with Crippen molar-refractivity contribution in [1.29, 1.82) is 0 Å². The molecule has 0 saturated carbocycles. The minimum atomic E-state index is -0.967. The second-order valence-electron chi connectivity index (χ2n) is 16.6. The van der Waals surface area contributed by atoms with E-state index in [0.717, 1.165) is 43.9 Å². The molecule has 1 aliphatic rings. The minimum absolute atomic E-state index is 0.0185. The van der Waals surface area contributed by atoms with E-state index in [9.17, 15) is 19.5 Å². The number of methoxy groups -OCH3 is 1. The van der Waals surface area contributed by atoms with Crippen molar-refractivity contribution < 1.29 is 43.2 Å². The van der Waals surface area contributed by atoms with E-state index in [1.165, 1.54) is 4.90 Å². The summed E-state index contributed by atoms with van der Waals surface area (Å²) < 4.78 is 27.8. The maximum absolute atomic E-state index is 14.0. The van der Waals surface area contributed by atoms with Crippen LogP contribution < -0.4 is 20.1 Å². The number of benzene rings is 2. The number of aliphatic hydroxyl groups is 1. The Bertz CT molecular complexity index is 2370. The quantitative estimate of drug-likeness (QED) is 0.0728. The molecule has 3 aromatic heterocycles. The van der Waals surface area contributed by atoms with Crippen molar-refractivity contribution in [2.45, 2.75) is 65.3 Å². The molecule has 0 aliphatic carbocycles. The number of carbonyl (C=O) groups is 3. The third-order valence-electron chi connectivity index (χ3n) is 10.6. The first-order chi connectivity index (χ1) is 30.8. The molecule has 3 amide bonds. The monoisotopic (exact) mass is 894 g/mol. The van der Waals surface area contributed by atoms with E-state index in [-0.39, 0.29) is 44.7 Å². The van der Waals surface area contributed by atoms with E-state index < -0.39 is 35.4 Å². The van der Waals surface area contributed by atoms with Crippen molar-refractivity contribution in [3.8, 4) is 22.1 Å². The molecule has 4 atom stereocenters. The summed E-state index contributed by atoms with van der Waals surface area (Å²) >= 11 is 1.57. The summed E-state index contributed by atoms with van der Waals surface area (Å²) in [5.41, 5.74) is 6.67. The Morgan fingerprint density at radius 3 is 2.34 bits per heavy atom. The molecular formula is C48H58N6O9S. The summed E-state index contributed by atoms with van der Waals surface area (Å²) in [5, 5.41) is 17.4. The summed E-state index contributed by atoms with van der Waals surface area (Å²) in [6.07, 6.45) is 4.82. The molecule has 0 spiro atoms. The number of nitrogens with one attached hydrogen (secondary N) is 2. The first kappa shape index (κ1) is 47.7. The summed E-state index contributed by atoms with van der Waals surface area (Å²) in [5.74, 6) is -0.0251. The fraction of sp³-hybridized carbons (Fsp3) is 0.417. The number of aromatic nitrogens is 3. The van der Waals surface area contributed by atoms with Gasteiger partial charge in [-0.1, -0.05) is 57.2 Å². The maximum atomic E-state index is 14.0. The van der Waals surface area contributed by atoms with Crippen LogP contribution in [0.15, 0.2) is 78.4 Å². The van der Waals surface area contributed by atoms with Gasteiger partial charge in [0.25, 0.3) is 0 Å². The number of likely N-dealkylation sites (tertiary alicyclic amines) is 1. The van der Waals surface area contributed by atoms with E-state index >= 15 is 0 Å². The molecule has 1 fully saturated rings. The molecule has 4 heterocycles. The molecule has 64 heavy (non-hydrogen) atoms. The van der Waals surface area contributed by atoms with Gasteiger partial charge >= 0.3 is 0 Å². The van der Waals surface area contributed by atoms with Gasteiger partial charge in [0.15, 0.2) is 0 Å². The third-order valence-corrected chi connectivity index (χ3v) is 11.6. The largest absolute Gasteiger partial charge is 0.491 e. The molecule has 6 rings (SSSR count). The standard InChI is InChI=1S/C48H58N6O9S/c1-31(34-8-10-35(11-9-34)44-32(2)50-30-64-44)51-46(57)41-27-38(55)28-54(41)47(58)45(48(3,4)5)53-42(56)29-62-22-21-60-19-20-61-23-24-63-39-15-16-40-36(26-39)12-14-37(52-40)13-7-33-17-18-49-43(25-33)59-6/h7-18,25-26,30-31,38,41,45,55H,19-24,27-29H2,1-6H3,(H,51,57)(H,53,56)/b13-7+/t31-,38+,41-,45?/m0/s1. The van der Waals surface area contributed by atoms with Gasteiger partial charge in [0, 0.05) is 30.6 Å². The van der Waals surface area contributed by atoms with Crippen LogP contribution >= 0.6 is 11.3 Å². The van der Waals surface area contributed by atoms with Crippen molar-refractivity contribution in [2.75, 3.05) is 59.9 Å². The summed E-state index contributed by atoms with van der Waals surface area (Å²) in [6.45, 7) is 10.9. The number of carbonyl (C=O) groups excluding carboxylic acids is 3. The van der Waals surface area contributed by atoms with Gasteiger partial charge in [0.2, 0.25) is 23.6 Å². The van der Waals surface area contributed by atoms with Crippen molar-refractivity contribution in [1.82, 2.24) is 30.5 Å². The lowest BCUT2D eigenvalue weighted by molar-refractivity contribution is -0.144. The van der Waals surface area contributed by atoms with Crippen LogP contribution in [0, 0.1) is 12.3 Å². The zero-order valence-corrected chi connectivity index (χ0v) is 38.1. The predicted molar refractivity (Wildman–Crippen MR) is 246 cm³/mol. The van der Waals surface area contributed by atoms with Crippen LogP contribution in [0.2, 0.25) is 0 Å². The molecule has 16 heteroatoms. The van der Waals surface area contributed by atoms with Crippen molar-refractivity contribution >= 4 is 52.1 Å². The lowest BCUT2D eigenvalue weighted by Crippen LogP contribution is -2.58. The highest BCUT2D eigenvalue weighted by Gasteiger charge is 2.44. The molecule has 5 aromatic rings. The number of amides is 3. The average Bonchev–Trinajstić information content (AvgIpc) is 3.91. The Hall–Kier alpha value is -5.78. The molecule has 0 bridgehead atoms. The zero-order chi connectivity index (χ0) is 45.6. The van der Waals surface area contributed by atoms with E-state index in [1.54, 1.807) is 24.6 Å². The Labute approximate surface area is 378 Å². The maximum Gasteiger partial charge on any atom is 0.246 e. The average molecular weight is 895 g/mol. The normalized spacial score (nSPS) is 16.2. The topological polar surface area (TPSA) is 184 Å². The van der Waals surface area contributed by atoms with Crippen LogP contribution in [-0.2, 0) is 28.6 Å². The molecule has 340 valence electrons. The van der Waals surface area contributed by atoms with Gasteiger partial charge in [0.1, 0.15) is 31.0 Å². The highest BCUT2D eigenvalue weighted by molar-refractivity contribution is 7.13. The first-order valence-corrected chi connectivity index (χ1v) is 22.2. The van der Waals surface area contributed by atoms with Crippen molar-refractivity contribution in [3.63, 3.8) is 0 Å². The lowest BCUT2D eigenvalue weighted by atomic mass is 9.85. The van der Waals surface area contributed by atoms with Gasteiger partial charge in [-0.05, 0) is 72.4 Å². The molecule has 0 radical (unpaired) electrons. The number of hydrogen-bond donors (Lipinski definition) is 3. The summed E-state index contributed by atoms with van der Waals surface area (Å²) in [6, 6.07) is 19.2. The van der Waals surface area contributed by atoms with Crippen molar-refractivity contribution in [3.05, 3.63) is 101 Å². The number of pyridine rings is 2. The van der Waals surface area contributed by atoms with Crippen LogP contribution in [0.3, 0.4) is 0 Å². The number of fused-ring (bicyclic) bond motifs is 1. The molecule has 1 aliphatic heterocycles. The Kier molecular flexibility index (Phi) is 16.9. The van der Waals surface area contributed by atoms with Gasteiger partial charge in [0.05, 0.1) is 79.6 Å². The van der Waals surface area contributed by atoms with E-state index in [4.69, 9.17) is 28.7 Å². The van der Waals surface area contributed by atoms with E-state index in [0.29, 0.717) is 38.1 Å². The highest BCUT2D eigenvalue weighted by atomic mass is 32.1. The zero-order valence-electron chi connectivity index (χ0n) is 37.2. The van der Waals surface area contributed by atoms with Crippen LogP contribution in [0.25, 0.3) is 33.5 Å². The number of aliphatic hydroxyl groups excluding tert-OH is 1. The lowest BCUT2D eigenvalue weighted by Gasteiger charge is -2.35. The smallest absolute Gasteiger partial charge is 0.246 e. The number of thiazole rings is 1. The second kappa shape index (κ2) is 22.7. The fourth-order valence-electron chi connectivity index (χ4n) is 7.16. The van der Waals surface area contributed by atoms with Gasteiger partial charge in [-0.3, -0.25) is 14.4 Å². The van der Waals surface area contributed by atoms with E-state index in [1.807, 2.05) is 119 Å². The molecule has 1 saturated heterocycles. The molecular weight excluding hydrogens is 837 g/mol. The summed E-state index contributed by atoms with van der Waals surface area (Å²) in [4.78, 5) is 56.2. The van der Waals surface area contributed by atoms with Crippen molar-refractivity contribution in [2.24, 2.45) is 5.41 Å². The van der Waals surface area contributed by atoms with E-state index in [2.05, 4.69) is 20.6 Å². The minimum Gasteiger partial charge on any atom is -0.491 e. The van der Waals surface area contributed by atoms with Crippen LogP contribution in [0.4, 0.5) is 0 Å². The number of β-amino-alcohol motifs (C(OH)–C–C–N with tert-alkyl or cyclic N) is 1. The predicted octanol–water partition coefficient (Wildman–Crippen LogP) is 6.04. The van der Waals surface area contributed by atoms with Gasteiger partial charge in [-0.2, -0.15) is 0 Å². The SMILES string of the molecule is COc1cc(/C=C/c2ccc3cc(OCCOCCOCCOCC(=O)NC(C(=O)N4C[C@H](O)C[C@H]4C(=O)N[C@@H](C)c4ccc(-c5scnc5C)cc4)C(C)(C)C)ccc3n2)ccn1. The number of ether oxygens (including phenoxy) is 5. The summed E-state index contributed by atoms with van der Waals surface area (Å²) in [7, 11) is 1.59. The highest BCUT2D eigenvalue weighted by Crippen LogP contribution is 2.30. The molecule has 2 aromatic carbocycles. The third kappa shape index (κ3) is 13.4. The van der Waals surface area contributed by atoms with Crippen LogP contribution in [-0.4, -0.2) is 121 Å². The molecule has 15 nitrogen and oxygen atoms in total. The number of nitrogens with zero attached hydrogens (tertiary/aromatic N) is 4. The van der Waals surface area contributed by atoms with Crippen LogP contribution in [0.1, 0.15) is 62.7 Å². The van der Waals surface area contributed by atoms with Gasteiger partial charge in [-0.15, -0.1) is 11.3 Å². The van der Waals surface area contributed by atoms with Crippen LogP contribution in [0.5, 0.6) is 11.6 Å². The Morgan fingerprint density at radius 1 is 0.906 bits per heavy atom. The number of rotatable bonds is 21. The fourth-order valence-corrected chi connectivity index (χ4v) is 7.98. The first-order valence-electron chi connectivity index (χ1n) is 21.3. The second-order valence-corrected chi connectivity index (χ2v) is 17.4. The van der Waals surface area contributed by atoms with Gasteiger partial charge in [-0.25, -0.2) is 15.0 Å². The Morgan fingerprint density at radius 2 is 1.64 bits per heavy atom. The number of hydrogen-bond acceptors (Lipinski definition) is 13. The molecule has 3 N–H and O–H groups in total. The number of aryl methyl sites for hydroxylation is 1. The molecule has 1 unspecified atom stereocenters. The van der Waals surface area contributed by atoms with Gasteiger partial charge < -0.3 is 44.3 Å². The Balaban J connectivity index is 0.856.